The molecule has 1 saturated heterocycles. The highest BCUT2D eigenvalue weighted by molar-refractivity contribution is 7.18. The number of nitrogens with zero attached hydrogens (tertiary/aromatic N) is 2. The predicted molar refractivity (Wildman–Crippen MR) is 164 cm³/mol. The number of hydrogen-bond acceptors (Lipinski definition) is 9. The summed E-state index contributed by atoms with van der Waals surface area (Å²) in [5, 5.41) is 11.9. The van der Waals surface area contributed by atoms with E-state index in [1.807, 2.05) is 13.8 Å². The van der Waals surface area contributed by atoms with Crippen molar-refractivity contribution in [3.05, 3.63) is 69.2 Å². The first-order valence-electron chi connectivity index (χ1n) is 14.5. The van der Waals surface area contributed by atoms with Gasteiger partial charge in [-0.25, -0.2) is 4.98 Å². The lowest BCUT2D eigenvalue weighted by Gasteiger charge is -2.24. The SMILES string of the molecule is CCOc1cc(C2/C(=C(/O)c3ccc4c(c3)CC(C)O4)C(=O)C(=O)N2c2nc(C)c(C(C)=O)s2)ccc1OCCC(C)C. The highest BCUT2D eigenvalue weighted by atomic mass is 32.1. The topological polar surface area (TPSA) is 115 Å². The van der Waals surface area contributed by atoms with Crippen molar-refractivity contribution in [3.63, 3.8) is 0 Å². The van der Waals surface area contributed by atoms with Gasteiger partial charge in [0.2, 0.25) is 0 Å². The molecule has 1 fully saturated rings. The lowest BCUT2D eigenvalue weighted by atomic mass is 9.94. The molecule has 3 aromatic rings. The highest BCUT2D eigenvalue weighted by Crippen LogP contribution is 2.46. The van der Waals surface area contributed by atoms with Crippen LogP contribution in [0, 0.1) is 12.8 Å². The molecule has 0 spiro atoms. The van der Waals surface area contributed by atoms with Crippen molar-refractivity contribution < 1.29 is 33.7 Å². The van der Waals surface area contributed by atoms with Gasteiger partial charge in [0.25, 0.3) is 5.78 Å². The average Bonchev–Trinajstić information content (AvgIpc) is 3.60. The van der Waals surface area contributed by atoms with Crippen LogP contribution in [0.3, 0.4) is 0 Å². The second kappa shape index (κ2) is 12.2. The van der Waals surface area contributed by atoms with Gasteiger partial charge in [0.15, 0.2) is 22.4 Å². The first kappa shape index (κ1) is 30.3. The van der Waals surface area contributed by atoms with Crippen molar-refractivity contribution in [2.24, 2.45) is 5.92 Å². The van der Waals surface area contributed by atoms with Gasteiger partial charge in [0.1, 0.15) is 17.6 Å². The maximum absolute atomic E-state index is 13.7. The zero-order valence-corrected chi connectivity index (χ0v) is 26.0. The van der Waals surface area contributed by atoms with Crippen molar-refractivity contribution in [2.45, 2.75) is 66.5 Å². The minimum atomic E-state index is -1.03. The fourth-order valence-corrected chi connectivity index (χ4v) is 6.36. The van der Waals surface area contributed by atoms with Crippen LogP contribution in [0.4, 0.5) is 5.13 Å². The van der Waals surface area contributed by atoms with Crippen molar-refractivity contribution in [1.82, 2.24) is 4.98 Å². The second-order valence-electron chi connectivity index (χ2n) is 11.3. The zero-order valence-electron chi connectivity index (χ0n) is 25.2. The van der Waals surface area contributed by atoms with Gasteiger partial charge in [-0.15, -0.1) is 0 Å². The maximum Gasteiger partial charge on any atom is 0.301 e. The molecule has 2 unspecified atom stereocenters. The van der Waals surface area contributed by atoms with Gasteiger partial charge >= 0.3 is 5.91 Å². The number of amides is 1. The summed E-state index contributed by atoms with van der Waals surface area (Å²) in [5.74, 6) is 0.00568. The van der Waals surface area contributed by atoms with E-state index in [-0.39, 0.29) is 28.4 Å². The predicted octanol–water partition coefficient (Wildman–Crippen LogP) is 6.43. The minimum Gasteiger partial charge on any atom is -0.507 e. The second-order valence-corrected chi connectivity index (χ2v) is 12.2. The van der Waals surface area contributed by atoms with Crippen LogP contribution in [-0.2, 0) is 16.0 Å². The summed E-state index contributed by atoms with van der Waals surface area (Å²) in [7, 11) is 0. The molecule has 226 valence electrons. The molecule has 1 amide bonds. The normalized spacial score (nSPS) is 19.1. The quantitative estimate of drug-likeness (QED) is 0.122. The molecule has 0 radical (unpaired) electrons. The zero-order chi connectivity index (χ0) is 31.0. The molecule has 2 aliphatic heterocycles. The van der Waals surface area contributed by atoms with Crippen LogP contribution in [0.25, 0.3) is 5.76 Å². The summed E-state index contributed by atoms with van der Waals surface area (Å²) in [6.07, 6.45) is 1.52. The third-order valence-corrected chi connectivity index (χ3v) is 8.72. The summed E-state index contributed by atoms with van der Waals surface area (Å²) in [4.78, 5) is 45.8. The van der Waals surface area contributed by atoms with Gasteiger partial charge in [-0.1, -0.05) is 31.3 Å². The van der Waals surface area contributed by atoms with E-state index >= 15 is 0 Å². The van der Waals surface area contributed by atoms with Gasteiger partial charge in [0.05, 0.1) is 35.4 Å². The fraction of sp³-hybridized carbons (Fsp3) is 0.394. The Morgan fingerprint density at radius 2 is 1.93 bits per heavy atom. The Morgan fingerprint density at radius 1 is 1.16 bits per heavy atom. The molecule has 2 aliphatic rings. The number of aryl methyl sites for hydroxylation is 1. The number of aromatic nitrogens is 1. The van der Waals surface area contributed by atoms with Crippen molar-refractivity contribution in [3.8, 4) is 17.2 Å². The van der Waals surface area contributed by atoms with Gasteiger partial charge in [-0.05, 0) is 74.6 Å². The van der Waals surface area contributed by atoms with E-state index < -0.39 is 17.7 Å². The van der Waals surface area contributed by atoms with E-state index in [0.29, 0.717) is 58.7 Å². The Bertz CT molecular complexity index is 1620. The standard InChI is InChI=1S/C33H36N2O7S/c1-7-40-26-16-21(8-11-25(26)41-13-12-17(2)3)28-27(29(37)22-9-10-24-23(15-22)14-18(4)42-24)30(38)32(39)35(28)33-34-19(5)31(43-33)20(6)36/h8-11,15-18,28,37H,7,12-14H2,1-6H3/b29-27-. The summed E-state index contributed by atoms with van der Waals surface area (Å²) in [6.45, 7) is 12.0. The monoisotopic (exact) mass is 604 g/mol. The smallest absolute Gasteiger partial charge is 0.301 e. The molecule has 5 rings (SSSR count). The van der Waals surface area contributed by atoms with Crippen molar-refractivity contribution in [2.75, 3.05) is 18.1 Å². The minimum absolute atomic E-state index is 0.000140. The van der Waals surface area contributed by atoms with E-state index in [2.05, 4.69) is 18.8 Å². The van der Waals surface area contributed by atoms with Crippen LogP contribution < -0.4 is 19.1 Å². The number of fused-ring (bicyclic) bond motifs is 1. The van der Waals surface area contributed by atoms with E-state index in [1.165, 1.54) is 11.8 Å². The Labute approximate surface area is 255 Å². The van der Waals surface area contributed by atoms with Crippen molar-refractivity contribution >= 4 is 39.7 Å². The summed E-state index contributed by atoms with van der Waals surface area (Å²) in [5.41, 5.74) is 2.22. The molecule has 0 bridgehead atoms. The molecular formula is C33H36N2O7S. The number of thiazole rings is 1. The Balaban J connectivity index is 1.66. The molecule has 1 aromatic heterocycles. The van der Waals surface area contributed by atoms with Crippen LogP contribution in [-0.4, -0.2) is 46.9 Å². The lowest BCUT2D eigenvalue weighted by molar-refractivity contribution is -0.132. The van der Waals surface area contributed by atoms with Gasteiger partial charge < -0.3 is 19.3 Å². The highest BCUT2D eigenvalue weighted by Gasteiger charge is 2.48. The van der Waals surface area contributed by atoms with E-state index in [9.17, 15) is 19.5 Å². The number of ether oxygens (including phenoxy) is 3. The molecule has 0 aliphatic carbocycles. The summed E-state index contributed by atoms with van der Waals surface area (Å²) >= 11 is 1.04. The molecule has 9 nitrogen and oxygen atoms in total. The maximum atomic E-state index is 13.7. The van der Waals surface area contributed by atoms with Crippen LogP contribution in [0.2, 0.25) is 0 Å². The summed E-state index contributed by atoms with van der Waals surface area (Å²) in [6, 6.07) is 9.44. The molecular weight excluding hydrogens is 568 g/mol. The Kier molecular flexibility index (Phi) is 8.59. The van der Waals surface area contributed by atoms with Crippen LogP contribution in [0.15, 0.2) is 42.0 Å². The number of carbonyl (C=O) groups is 3. The number of anilines is 1. The van der Waals surface area contributed by atoms with Crippen molar-refractivity contribution in [1.29, 1.82) is 0 Å². The van der Waals surface area contributed by atoms with E-state index in [0.717, 1.165) is 29.1 Å². The Morgan fingerprint density at radius 3 is 2.60 bits per heavy atom. The van der Waals surface area contributed by atoms with E-state index in [1.54, 1.807) is 43.3 Å². The van der Waals surface area contributed by atoms with Crippen LogP contribution >= 0.6 is 11.3 Å². The van der Waals surface area contributed by atoms with Crippen LogP contribution in [0.1, 0.15) is 79.1 Å². The number of carbonyl (C=O) groups excluding carboxylic acids is 3. The first-order valence-corrected chi connectivity index (χ1v) is 15.3. The molecule has 1 N–H and O–H groups in total. The number of benzene rings is 2. The average molecular weight is 605 g/mol. The summed E-state index contributed by atoms with van der Waals surface area (Å²) < 4.78 is 17.7. The molecule has 3 heterocycles. The largest absolute Gasteiger partial charge is 0.507 e. The lowest BCUT2D eigenvalue weighted by Crippen LogP contribution is -2.29. The molecule has 43 heavy (non-hydrogen) atoms. The number of Topliss-reactive ketones (excluding diaryl/α,β-unsaturated/α-hetero) is 2. The molecule has 2 atom stereocenters. The van der Waals surface area contributed by atoms with E-state index in [4.69, 9.17) is 14.2 Å². The van der Waals surface area contributed by atoms with Gasteiger partial charge in [-0.2, -0.15) is 0 Å². The first-order chi connectivity index (χ1) is 20.5. The number of hydrogen-bond donors (Lipinski definition) is 1. The van der Waals surface area contributed by atoms with Crippen LogP contribution in [0.5, 0.6) is 17.2 Å². The molecule has 2 aromatic carbocycles. The third-order valence-electron chi connectivity index (χ3n) is 7.46. The Hall–Kier alpha value is -4.18. The van der Waals surface area contributed by atoms with Gasteiger partial charge in [-0.3, -0.25) is 19.3 Å². The molecule has 10 heteroatoms. The van der Waals surface area contributed by atoms with Gasteiger partial charge in [0, 0.05) is 18.9 Å². The number of ketones is 2. The fourth-order valence-electron chi connectivity index (χ4n) is 5.37. The third kappa shape index (κ3) is 5.88. The number of aliphatic hydroxyl groups is 1. The molecule has 0 saturated carbocycles. The number of rotatable bonds is 10. The number of aliphatic hydroxyl groups excluding tert-OH is 1.